The van der Waals surface area contributed by atoms with Crippen LogP contribution in [0.5, 0.6) is 0 Å². The second kappa shape index (κ2) is 9.27. The summed E-state index contributed by atoms with van der Waals surface area (Å²) >= 11 is 0. The van der Waals surface area contributed by atoms with E-state index in [1.54, 1.807) is 6.07 Å². The van der Waals surface area contributed by atoms with E-state index in [2.05, 4.69) is 25.9 Å². The van der Waals surface area contributed by atoms with Crippen LogP contribution < -0.4 is 15.5 Å². The van der Waals surface area contributed by atoms with Gasteiger partial charge in [0.25, 0.3) is 5.82 Å². The highest BCUT2D eigenvalue weighted by Crippen LogP contribution is 2.28. The Morgan fingerprint density at radius 3 is 2.38 bits per heavy atom. The molecular formula is C22H24F3N7O2. The molecule has 0 unspecified atom stereocenters. The van der Waals surface area contributed by atoms with Crippen LogP contribution in [-0.2, 0) is 15.8 Å². The molecule has 1 fully saturated rings. The first kappa shape index (κ1) is 23.5. The maximum Gasteiger partial charge on any atom is 0.453 e. The first-order chi connectivity index (χ1) is 16.1. The number of carbonyl (C=O) groups is 2. The quantitative estimate of drug-likeness (QED) is 0.588. The summed E-state index contributed by atoms with van der Waals surface area (Å²) in [5.74, 6) is -1.66. The number of halogens is 3. The van der Waals surface area contributed by atoms with E-state index in [1.165, 1.54) is 6.07 Å². The first-order valence-electron chi connectivity index (χ1n) is 10.8. The van der Waals surface area contributed by atoms with E-state index >= 15 is 0 Å². The summed E-state index contributed by atoms with van der Waals surface area (Å²) in [5.41, 5.74) is 2.62. The Kier molecular flexibility index (Phi) is 6.40. The van der Waals surface area contributed by atoms with Gasteiger partial charge < -0.3 is 15.5 Å². The smallest absolute Gasteiger partial charge is 0.355 e. The molecule has 2 N–H and O–H groups in total. The Labute approximate surface area is 193 Å². The van der Waals surface area contributed by atoms with Crippen molar-refractivity contribution < 1.29 is 22.8 Å². The van der Waals surface area contributed by atoms with Crippen LogP contribution in [0, 0.1) is 19.8 Å². The normalized spacial score (nSPS) is 14.9. The van der Waals surface area contributed by atoms with E-state index in [0.29, 0.717) is 36.3 Å². The number of piperidine rings is 1. The number of para-hydroxylation sites is 1. The van der Waals surface area contributed by atoms with Crippen LogP contribution in [-0.4, -0.2) is 51.3 Å². The Morgan fingerprint density at radius 1 is 1.06 bits per heavy atom. The minimum atomic E-state index is -4.67. The van der Waals surface area contributed by atoms with Gasteiger partial charge in [0.1, 0.15) is 5.82 Å². The van der Waals surface area contributed by atoms with Gasteiger partial charge in [-0.15, -0.1) is 15.3 Å². The van der Waals surface area contributed by atoms with Gasteiger partial charge in [0.15, 0.2) is 5.65 Å². The maximum atomic E-state index is 13.1. The zero-order chi connectivity index (χ0) is 24.5. The fourth-order valence-corrected chi connectivity index (χ4v) is 4.00. The molecule has 180 valence electrons. The van der Waals surface area contributed by atoms with Crippen molar-refractivity contribution in [2.24, 2.45) is 5.92 Å². The number of aromatic nitrogens is 4. The number of fused-ring (bicyclic) bond motifs is 1. The van der Waals surface area contributed by atoms with Crippen LogP contribution in [0.3, 0.4) is 0 Å². The van der Waals surface area contributed by atoms with E-state index < -0.39 is 12.0 Å². The number of carbonyl (C=O) groups excluding carboxylic acids is 2. The first-order valence-corrected chi connectivity index (χ1v) is 10.8. The summed E-state index contributed by atoms with van der Waals surface area (Å²) in [7, 11) is 0. The zero-order valence-corrected chi connectivity index (χ0v) is 18.7. The summed E-state index contributed by atoms with van der Waals surface area (Å²) in [6.45, 7) is 4.53. The molecule has 9 nitrogen and oxygen atoms in total. The number of nitrogens with one attached hydrogen (secondary N) is 2. The fraction of sp³-hybridized carbons (Fsp3) is 0.409. The van der Waals surface area contributed by atoms with Crippen LogP contribution in [0.4, 0.5) is 24.7 Å². The van der Waals surface area contributed by atoms with Crippen molar-refractivity contribution in [1.82, 2.24) is 25.1 Å². The molecule has 1 aromatic carbocycles. The summed E-state index contributed by atoms with van der Waals surface area (Å²) < 4.78 is 40.0. The lowest BCUT2D eigenvalue weighted by molar-refractivity contribution is -0.146. The van der Waals surface area contributed by atoms with Crippen LogP contribution in [0.25, 0.3) is 5.65 Å². The van der Waals surface area contributed by atoms with Crippen molar-refractivity contribution in [1.29, 1.82) is 0 Å². The van der Waals surface area contributed by atoms with Crippen molar-refractivity contribution in [3.8, 4) is 0 Å². The van der Waals surface area contributed by atoms with E-state index in [9.17, 15) is 22.8 Å². The van der Waals surface area contributed by atoms with Crippen molar-refractivity contribution in [3.63, 3.8) is 0 Å². The minimum absolute atomic E-state index is 0.00417. The third-order valence-corrected chi connectivity index (χ3v) is 5.86. The van der Waals surface area contributed by atoms with Gasteiger partial charge in [0.2, 0.25) is 11.8 Å². The van der Waals surface area contributed by atoms with Crippen molar-refractivity contribution in [3.05, 3.63) is 47.3 Å². The molecule has 0 bridgehead atoms. The Hall–Kier alpha value is -3.70. The number of aryl methyl sites for hydroxylation is 2. The summed E-state index contributed by atoms with van der Waals surface area (Å²) in [5, 5.41) is 16.2. The number of rotatable bonds is 5. The predicted octanol–water partition coefficient (Wildman–Crippen LogP) is 2.73. The Bertz CT molecular complexity index is 1200. The number of alkyl halides is 3. The van der Waals surface area contributed by atoms with Crippen LogP contribution >= 0.6 is 0 Å². The Morgan fingerprint density at radius 2 is 1.74 bits per heavy atom. The number of amides is 2. The molecule has 0 aliphatic carbocycles. The maximum absolute atomic E-state index is 13.1. The lowest BCUT2D eigenvalue weighted by atomic mass is 9.96. The molecule has 0 atom stereocenters. The summed E-state index contributed by atoms with van der Waals surface area (Å²) in [4.78, 5) is 26.7. The fourth-order valence-electron chi connectivity index (χ4n) is 4.00. The van der Waals surface area contributed by atoms with E-state index in [1.807, 2.05) is 36.9 Å². The molecule has 1 aliphatic heterocycles. The van der Waals surface area contributed by atoms with Gasteiger partial charge >= 0.3 is 6.18 Å². The standard InChI is InChI=1S/C22H24F3N7O2/c1-13-4-3-5-14(2)19(13)27-18(33)12-26-20(34)15-8-10-31(11-9-15)17-7-6-16-28-29-21(22(23,24)25)32(16)30-17/h3-7,15H,8-12H2,1-2H3,(H,26,34)(H,27,33). The highest BCUT2D eigenvalue weighted by Gasteiger charge is 2.38. The van der Waals surface area contributed by atoms with Gasteiger partial charge in [-0.05, 0) is 49.9 Å². The highest BCUT2D eigenvalue weighted by atomic mass is 19.4. The molecule has 34 heavy (non-hydrogen) atoms. The molecule has 3 aromatic rings. The molecule has 2 amide bonds. The predicted molar refractivity (Wildman–Crippen MR) is 118 cm³/mol. The van der Waals surface area contributed by atoms with Gasteiger partial charge in [-0.1, -0.05) is 18.2 Å². The highest BCUT2D eigenvalue weighted by molar-refractivity contribution is 5.96. The molecule has 0 spiro atoms. The molecule has 1 saturated heterocycles. The van der Waals surface area contributed by atoms with Gasteiger partial charge in [-0.25, -0.2) is 0 Å². The van der Waals surface area contributed by atoms with Crippen molar-refractivity contribution in [2.75, 3.05) is 29.9 Å². The second-order valence-electron chi connectivity index (χ2n) is 8.28. The van der Waals surface area contributed by atoms with Crippen LogP contribution in [0.15, 0.2) is 30.3 Å². The average Bonchev–Trinajstić information content (AvgIpc) is 3.24. The van der Waals surface area contributed by atoms with Gasteiger partial charge in [-0.3, -0.25) is 9.59 Å². The average molecular weight is 475 g/mol. The molecule has 4 rings (SSSR count). The molecule has 3 heterocycles. The Balaban J connectivity index is 1.31. The van der Waals surface area contributed by atoms with Gasteiger partial charge in [0.05, 0.1) is 6.54 Å². The zero-order valence-electron chi connectivity index (χ0n) is 18.7. The minimum Gasteiger partial charge on any atom is -0.355 e. The summed E-state index contributed by atoms with van der Waals surface area (Å²) in [6.07, 6.45) is -3.70. The SMILES string of the molecule is Cc1cccc(C)c1NC(=O)CNC(=O)C1CCN(c2ccc3nnc(C(F)(F)F)n3n2)CC1. The van der Waals surface area contributed by atoms with E-state index in [0.717, 1.165) is 16.8 Å². The number of anilines is 2. The number of hydrogen-bond donors (Lipinski definition) is 2. The molecule has 0 saturated carbocycles. The number of hydrogen-bond acceptors (Lipinski definition) is 6. The third-order valence-electron chi connectivity index (χ3n) is 5.86. The van der Waals surface area contributed by atoms with Crippen LogP contribution in [0.1, 0.15) is 29.8 Å². The lowest BCUT2D eigenvalue weighted by Crippen LogP contribution is -2.43. The second-order valence-corrected chi connectivity index (χ2v) is 8.28. The van der Waals surface area contributed by atoms with Gasteiger partial charge in [-0.2, -0.15) is 17.7 Å². The lowest BCUT2D eigenvalue weighted by Gasteiger charge is -2.32. The molecule has 12 heteroatoms. The number of benzene rings is 1. The van der Waals surface area contributed by atoms with Crippen LogP contribution in [0.2, 0.25) is 0 Å². The summed E-state index contributed by atoms with van der Waals surface area (Å²) in [6, 6.07) is 8.72. The van der Waals surface area contributed by atoms with E-state index in [4.69, 9.17) is 0 Å². The van der Waals surface area contributed by atoms with Gasteiger partial charge in [0, 0.05) is 24.7 Å². The molecule has 0 radical (unpaired) electrons. The van der Waals surface area contributed by atoms with Crippen molar-refractivity contribution in [2.45, 2.75) is 32.9 Å². The molecular weight excluding hydrogens is 451 g/mol. The topological polar surface area (TPSA) is 105 Å². The largest absolute Gasteiger partial charge is 0.453 e. The third kappa shape index (κ3) is 4.95. The molecule has 1 aliphatic rings. The number of nitrogens with zero attached hydrogens (tertiary/aromatic N) is 5. The van der Waals surface area contributed by atoms with Crippen molar-refractivity contribution >= 4 is 29.0 Å². The molecule has 2 aromatic heterocycles. The monoisotopic (exact) mass is 475 g/mol. The van der Waals surface area contributed by atoms with E-state index in [-0.39, 0.29) is 29.9 Å².